The number of aromatic nitrogens is 2. The minimum atomic E-state index is -2.60. The summed E-state index contributed by atoms with van der Waals surface area (Å²) in [5.74, 6) is 0.861. The summed E-state index contributed by atoms with van der Waals surface area (Å²) in [4.78, 5) is 10.0. The SMILES string of the molecule is CN=C(NCc1nccn1C(F)F)N(C)Cc1ccccc1Br.I. The molecule has 0 amide bonds. The molecule has 24 heavy (non-hydrogen) atoms. The summed E-state index contributed by atoms with van der Waals surface area (Å²) in [6.45, 7) is -1.80. The van der Waals surface area contributed by atoms with Crippen LogP contribution in [-0.4, -0.2) is 34.5 Å². The van der Waals surface area contributed by atoms with Crippen molar-refractivity contribution in [2.24, 2.45) is 4.99 Å². The van der Waals surface area contributed by atoms with Crippen molar-refractivity contribution in [3.63, 3.8) is 0 Å². The van der Waals surface area contributed by atoms with Gasteiger partial charge in [0.1, 0.15) is 5.82 Å². The van der Waals surface area contributed by atoms with E-state index in [0.29, 0.717) is 12.5 Å². The quantitative estimate of drug-likeness (QED) is 0.375. The van der Waals surface area contributed by atoms with Crippen LogP contribution in [0.4, 0.5) is 8.78 Å². The highest BCUT2D eigenvalue weighted by atomic mass is 127. The molecule has 0 saturated carbocycles. The number of hydrogen-bond acceptors (Lipinski definition) is 2. The highest BCUT2D eigenvalue weighted by Gasteiger charge is 2.13. The molecule has 0 bridgehead atoms. The lowest BCUT2D eigenvalue weighted by Crippen LogP contribution is -2.38. The van der Waals surface area contributed by atoms with Crippen LogP contribution < -0.4 is 5.32 Å². The number of guanidine groups is 1. The summed E-state index contributed by atoms with van der Waals surface area (Å²) in [5.41, 5.74) is 1.10. The van der Waals surface area contributed by atoms with Crippen molar-refractivity contribution in [3.8, 4) is 0 Å². The summed E-state index contributed by atoms with van der Waals surface area (Å²) in [7, 11) is 3.53. The van der Waals surface area contributed by atoms with Gasteiger partial charge in [-0.25, -0.2) is 4.98 Å². The molecule has 1 N–H and O–H groups in total. The third-order valence-electron chi connectivity index (χ3n) is 3.30. The molecule has 2 rings (SSSR count). The third kappa shape index (κ3) is 5.40. The number of alkyl halides is 2. The Morgan fingerprint density at radius 1 is 1.42 bits per heavy atom. The molecule has 1 aromatic heterocycles. The van der Waals surface area contributed by atoms with Crippen molar-refractivity contribution in [1.29, 1.82) is 0 Å². The maximum absolute atomic E-state index is 12.8. The molecule has 0 aliphatic heterocycles. The zero-order valence-corrected chi connectivity index (χ0v) is 17.2. The van der Waals surface area contributed by atoms with E-state index in [0.717, 1.165) is 14.6 Å². The Bertz CT molecular complexity index is 677. The lowest BCUT2D eigenvalue weighted by molar-refractivity contribution is 0.0668. The fourth-order valence-corrected chi connectivity index (χ4v) is 2.57. The van der Waals surface area contributed by atoms with Crippen molar-refractivity contribution < 1.29 is 8.78 Å². The van der Waals surface area contributed by atoms with Gasteiger partial charge in [0.2, 0.25) is 0 Å². The van der Waals surface area contributed by atoms with Gasteiger partial charge in [0.25, 0.3) is 0 Å². The van der Waals surface area contributed by atoms with Crippen LogP contribution in [0.5, 0.6) is 0 Å². The van der Waals surface area contributed by atoms with E-state index in [1.165, 1.54) is 12.4 Å². The monoisotopic (exact) mass is 513 g/mol. The molecule has 1 heterocycles. The van der Waals surface area contributed by atoms with Crippen LogP contribution in [0, 0.1) is 0 Å². The average Bonchev–Trinajstić information content (AvgIpc) is 2.99. The number of benzene rings is 1. The Hall–Kier alpha value is -1.23. The average molecular weight is 514 g/mol. The molecule has 0 atom stereocenters. The standard InChI is InChI=1S/C15H18BrF2N5.HI/c1-19-15(21-9-13-20-7-8-23(13)14(17)18)22(2)10-11-5-3-4-6-12(11)16;/h3-8,14H,9-10H2,1-2H3,(H,19,21);1H. The van der Waals surface area contributed by atoms with Crippen LogP contribution in [-0.2, 0) is 13.1 Å². The third-order valence-corrected chi connectivity index (χ3v) is 4.08. The second kappa shape index (κ2) is 9.92. The summed E-state index contributed by atoms with van der Waals surface area (Å²) in [6, 6.07) is 7.89. The van der Waals surface area contributed by atoms with Crippen LogP contribution in [0.15, 0.2) is 46.1 Å². The predicted octanol–water partition coefficient (Wildman–Crippen LogP) is 3.87. The highest BCUT2D eigenvalue weighted by Crippen LogP contribution is 2.17. The van der Waals surface area contributed by atoms with Gasteiger partial charge < -0.3 is 10.2 Å². The van der Waals surface area contributed by atoms with Crippen LogP contribution in [0.2, 0.25) is 0 Å². The van der Waals surface area contributed by atoms with E-state index in [1.54, 1.807) is 7.05 Å². The molecule has 1 aromatic carbocycles. The zero-order valence-electron chi connectivity index (χ0n) is 13.3. The van der Waals surface area contributed by atoms with E-state index >= 15 is 0 Å². The lowest BCUT2D eigenvalue weighted by atomic mass is 10.2. The second-order valence-electron chi connectivity index (χ2n) is 4.88. The first-order chi connectivity index (χ1) is 11.0. The second-order valence-corrected chi connectivity index (χ2v) is 5.73. The largest absolute Gasteiger partial charge is 0.349 e. The van der Waals surface area contributed by atoms with Crippen LogP contribution in [0.3, 0.4) is 0 Å². The molecule has 9 heteroatoms. The molecule has 0 fully saturated rings. The maximum atomic E-state index is 12.8. The Morgan fingerprint density at radius 3 is 2.75 bits per heavy atom. The van der Waals surface area contributed by atoms with E-state index in [4.69, 9.17) is 0 Å². The number of imidazole rings is 1. The normalized spacial score (nSPS) is 11.3. The van der Waals surface area contributed by atoms with Gasteiger partial charge in [-0.2, -0.15) is 8.78 Å². The Balaban J connectivity index is 0.00000288. The van der Waals surface area contributed by atoms with E-state index in [2.05, 4.69) is 31.2 Å². The summed E-state index contributed by atoms with van der Waals surface area (Å²) in [5, 5.41) is 3.05. The number of halogens is 4. The molecule has 0 radical (unpaired) electrons. The van der Waals surface area contributed by atoms with Crippen molar-refractivity contribution in [3.05, 3.63) is 52.5 Å². The molecule has 0 spiro atoms. The van der Waals surface area contributed by atoms with Gasteiger partial charge in [0.05, 0.1) is 6.54 Å². The first kappa shape index (κ1) is 20.8. The van der Waals surface area contributed by atoms with E-state index in [9.17, 15) is 8.78 Å². The predicted molar refractivity (Wildman–Crippen MR) is 105 cm³/mol. The van der Waals surface area contributed by atoms with Gasteiger partial charge in [-0.15, -0.1) is 24.0 Å². The van der Waals surface area contributed by atoms with E-state index < -0.39 is 6.55 Å². The maximum Gasteiger partial charge on any atom is 0.319 e. The van der Waals surface area contributed by atoms with Crippen molar-refractivity contribution >= 4 is 45.9 Å². The smallest absolute Gasteiger partial charge is 0.319 e. The van der Waals surface area contributed by atoms with E-state index in [1.807, 2.05) is 36.2 Å². The molecule has 2 aromatic rings. The van der Waals surface area contributed by atoms with Crippen molar-refractivity contribution in [1.82, 2.24) is 19.8 Å². The number of hydrogen-bond donors (Lipinski definition) is 1. The molecule has 5 nitrogen and oxygen atoms in total. The Kier molecular flexibility index (Phi) is 8.60. The summed E-state index contributed by atoms with van der Waals surface area (Å²) >= 11 is 3.51. The molecule has 0 aliphatic rings. The van der Waals surface area contributed by atoms with Crippen molar-refractivity contribution in [2.45, 2.75) is 19.6 Å². The fraction of sp³-hybridized carbons (Fsp3) is 0.333. The Morgan fingerprint density at radius 2 is 2.12 bits per heavy atom. The van der Waals surface area contributed by atoms with E-state index in [-0.39, 0.29) is 36.3 Å². The molecule has 0 saturated heterocycles. The minimum absolute atomic E-state index is 0. The van der Waals surface area contributed by atoms with Crippen LogP contribution in [0.25, 0.3) is 0 Å². The van der Waals surface area contributed by atoms with Gasteiger partial charge in [-0.3, -0.25) is 9.56 Å². The van der Waals surface area contributed by atoms with Crippen LogP contribution in [0.1, 0.15) is 17.9 Å². The minimum Gasteiger partial charge on any atom is -0.349 e. The lowest BCUT2D eigenvalue weighted by Gasteiger charge is -2.22. The van der Waals surface area contributed by atoms with Gasteiger partial charge in [-0.05, 0) is 11.6 Å². The first-order valence-electron chi connectivity index (χ1n) is 6.98. The fourth-order valence-electron chi connectivity index (χ4n) is 2.16. The number of nitrogens with zero attached hydrogens (tertiary/aromatic N) is 4. The number of rotatable bonds is 5. The van der Waals surface area contributed by atoms with Gasteiger partial charge >= 0.3 is 6.55 Å². The molecule has 0 aliphatic carbocycles. The molecule has 132 valence electrons. The number of aliphatic imine (C=N–C) groups is 1. The molecular formula is C15H19BrF2IN5. The topological polar surface area (TPSA) is 45.5 Å². The summed E-state index contributed by atoms with van der Waals surface area (Å²) < 4.78 is 27.5. The Labute approximate surface area is 165 Å². The van der Waals surface area contributed by atoms with Crippen molar-refractivity contribution in [2.75, 3.05) is 14.1 Å². The van der Waals surface area contributed by atoms with Crippen LogP contribution >= 0.6 is 39.9 Å². The molecule has 0 unspecified atom stereocenters. The first-order valence-corrected chi connectivity index (χ1v) is 7.77. The molecular weight excluding hydrogens is 495 g/mol. The van der Waals surface area contributed by atoms with Gasteiger partial charge in [0, 0.05) is 37.5 Å². The highest BCUT2D eigenvalue weighted by molar-refractivity contribution is 14.0. The summed E-state index contributed by atoms with van der Waals surface area (Å²) in [6.07, 6.45) is 2.62. The number of nitrogens with one attached hydrogen (secondary N) is 1. The van der Waals surface area contributed by atoms with Gasteiger partial charge in [-0.1, -0.05) is 34.1 Å². The zero-order chi connectivity index (χ0) is 16.8. The van der Waals surface area contributed by atoms with Gasteiger partial charge in [0.15, 0.2) is 5.96 Å².